The first-order valence-corrected chi connectivity index (χ1v) is 11.3. The van der Waals surface area contributed by atoms with Crippen LogP contribution in [-0.4, -0.2) is 51.4 Å². The van der Waals surface area contributed by atoms with Crippen LogP contribution in [0.1, 0.15) is 24.2 Å². The maximum Gasteiger partial charge on any atom is 0.251 e. The fraction of sp³-hybridized carbons (Fsp3) is 0.261. The van der Waals surface area contributed by atoms with Gasteiger partial charge in [0.05, 0.1) is 0 Å². The molecule has 0 bridgehead atoms. The molecule has 1 amide bonds. The van der Waals surface area contributed by atoms with Crippen molar-refractivity contribution in [3.63, 3.8) is 0 Å². The van der Waals surface area contributed by atoms with Crippen LogP contribution in [0.2, 0.25) is 0 Å². The van der Waals surface area contributed by atoms with Gasteiger partial charge in [-0.25, -0.2) is 9.97 Å². The highest BCUT2D eigenvalue weighted by molar-refractivity contribution is 7.14. The monoisotopic (exact) mass is 434 g/mol. The molecule has 0 atom stereocenters. The normalized spacial score (nSPS) is 11.2. The van der Waals surface area contributed by atoms with Crippen LogP contribution in [0.4, 0.5) is 16.5 Å². The number of carbonyl (C=O) groups excluding carboxylic acids is 1. The number of hydrogen-bond acceptors (Lipinski definition) is 6. The largest absolute Gasteiger partial charge is 0.351 e. The summed E-state index contributed by atoms with van der Waals surface area (Å²) in [6.07, 6.45) is 7.31. The molecule has 1 aromatic carbocycles. The molecule has 3 aromatic heterocycles. The van der Waals surface area contributed by atoms with Crippen LogP contribution in [-0.2, 0) is 0 Å². The first-order valence-electron chi connectivity index (χ1n) is 10.4. The molecular formula is C23H26N6OS. The van der Waals surface area contributed by atoms with Gasteiger partial charge in [-0.3, -0.25) is 9.69 Å². The van der Waals surface area contributed by atoms with E-state index < -0.39 is 0 Å². The van der Waals surface area contributed by atoms with Crippen molar-refractivity contribution in [1.82, 2.24) is 24.6 Å². The van der Waals surface area contributed by atoms with Crippen molar-refractivity contribution in [2.45, 2.75) is 13.8 Å². The smallest absolute Gasteiger partial charge is 0.251 e. The maximum absolute atomic E-state index is 12.6. The molecule has 0 saturated carbocycles. The summed E-state index contributed by atoms with van der Waals surface area (Å²) >= 11 is 1.63. The quantitative estimate of drug-likeness (QED) is 0.425. The highest BCUT2D eigenvalue weighted by Crippen LogP contribution is 2.37. The lowest BCUT2D eigenvalue weighted by atomic mass is 10.2. The van der Waals surface area contributed by atoms with E-state index in [9.17, 15) is 4.79 Å². The molecule has 0 aliphatic rings. The summed E-state index contributed by atoms with van der Waals surface area (Å²) in [6.45, 7) is 7.71. The van der Waals surface area contributed by atoms with Crippen LogP contribution < -0.4 is 10.2 Å². The number of benzene rings is 1. The fourth-order valence-corrected chi connectivity index (χ4v) is 4.23. The summed E-state index contributed by atoms with van der Waals surface area (Å²) < 4.78 is 1.95. The Labute approximate surface area is 186 Å². The Morgan fingerprint density at radius 3 is 2.48 bits per heavy atom. The Bertz CT molecular complexity index is 1120. The Morgan fingerprint density at radius 1 is 1.06 bits per heavy atom. The maximum atomic E-state index is 12.6. The third-order valence-corrected chi connectivity index (χ3v) is 6.08. The van der Waals surface area contributed by atoms with Crippen LogP contribution in [0.3, 0.4) is 0 Å². The average molecular weight is 435 g/mol. The molecule has 0 saturated heterocycles. The van der Waals surface area contributed by atoms with Gasteiger partial charge in [0.25, 0.3) is 5.91 Å². The molecule has 0 spiro atoms. The molecule has 0 aliphatic heterocycles. The number of carbonyl (C=O) groups is 1. The summed E-state index contributed by atoms with van der Waals surface area (Å²) in [4.78, 5) is 26.0. The zero-order valence-corrected chi connectivity index (χ0v) is 18.5. The van der Waals surface area contributed by atoms with Gasteiger partial charge in [0.2, 0.25) is 0 Å². The second kappa shape index (κ2) is 9.72. The zero-order valence-electron chi connectivity index (χ0n) is 17.7. The van der Waals surface area contributed by atoms with Crippen molar-refractivity contribution in [2.24, 2.45) is 0 Å². The first kappa shape index (κ1) is 21.0. The lowest BCUT2D eigenvalue weighted by molar-refractivity contribution is 0.0949. The van der Waals surface area contributed by atoms with E-state index in [1.807, 2.05) is 58.6 Å². The third-order valence-electron chi connectivity index (χ3n) is 5.23. The van der Waals surface area contributed by atoms with E-state index >= 15 is 0 Å². The van der Waals surface area contributed by atoms with Gasteiger partial charge in [-0.1, -0.05) is 13.8 Å². The van der Waals surface area contributed by atoms with Crippen LogP contribution in [0.15, 0.2) is 66.6 Å². The Balaban J connectivity index is 1.57. The van der Waals surface area contributed by atoms with Gasteiger partial charge in [-0.2, -0.15) is 0 Å². The van der Waals surface area contributed by atoms with Gasteiger partial charge in [0.15, 0.2) is 11.5 Å². The number of imidazole rings is 1. The minimum atomic E-state index is -0.0603. The summed E-state index contributed by atoms with van der Waals surface area (Å²) in [5, 5.41) is 6.07. The second-order valence-corrected chi connectivity index (χ2v) is 7.95. The Hall–Kier alpha value is -3.23. The number of nitrogens with zero attached hydrogens (tertiary/aromatic N) is 5. The molecule has 0 aliphatic carbocycles. The molecule has 160 valence electrons. The molecular weight excluding hydrogens is 408 g/mol. The molecule has 8 heteroatoms. The van der Waals surface area contributed by atoms with E-state index in [1.54, 1.807) is 23.7 Å². The van der Waals surface area contributed by atoms with Crippen LogP contribution in [0.25, 0.3) is 5.65 Å². The predicted molar refractivity (Wildman–Crippen MR) is 126 cm³/mol. The molecule has 7 nitrogen and oxygen atoms in total. The molecule has 0 unspecified atom stereocenters. The molecule has 0 radical (unpaired) electrons. The van der Waals surface area contributed by atoms with Gasteiger partial charge < -0.3 is 14.6 Å². The highest BCUT2D eigenvalue weighted by atomic mass is 32.1. The number of likely N-dealkylation sites (N-methyl/N-ethyl adjacent to an activating group) is 1. The average Bonchev–Trinajstić information content (AvgIpc) is 3.50. The number of hydrogen-bond donors (Lipinski definition) is 1. The SMILES string of the molecule is CCN(CC)CCNC(=O)c1ccc(N(c2cccs2)c2nccn3ccnc23)cc1. The van der Waals surface area contributed by atoms with Crippen molar-refractivity contribution in [1.29, 1.82) is 0 Å². The summed E-state index contributed by atoms with van der Waals surface area (Å²) in [5.74, 6) is 0.682. The van der Waals surface area contributed by atoms with Crippen molar-refractivity contribution >= 4 is 39.4 Å². The van der Waals surface area contributed by atoms with E-state index in [0.717, 1.165) is 41.8 Å². The minimum Gasteiger partial charge on any atom is -0.351 e. The van der Waals surface area contributed by atoms with E-state index in [2.05, 4.69) is 38.9 Å². The summed E-state index contributed by atoms with van der Waals surface area (Å²) in [7, 11) is 0. The predicted octanol–water partition coefficient (Wildman–Crippen LogP) is 4.33. The van der Waals surface area contributed by atoms with Gasteiger partial charge in [-0.05, 0) is 54.9 Å². The van der Waals surface area contributed by atoms with Gasteiger partial charge in [0.1, 0.15) is 5.00 Å². The van der Waals surface area contributed by atoms with Crippen molar-refractivity contribution in [3.8, 4) is 0 Å². The van der Waals surface area contributed by atoms with Crippen molar-refractivity contribution in [2.75, 3.05) is 31.1 Å². The zero-order chi connectivity index (χ0) is 21.6. The number of fused-ring (bicyclic) bond motifs is 1. The van der Waals surface area contributed by atoms with Crippen LogP contribution >= 0.6 is 11.3 Å². The van der Waals surface area contributed by atoms with Gasteiger partial charge in [-0.15, -0.1) is 11.3 Å². The Kier molecular flexibility index (Phi) is 6.59. The summed E-state index contributed by atoms with van der Waals surface area (Å²) in [6, 6.07) is 11.7. The van der Waals surface area contributed by atoms with Gasteiger partial charge in [0, 0.05) is 49.1 Å². The fourth-order valence-electron chi connectivity index (χ4n) is 3.48. The molecule has 31 heavy (non-hydrogen) atoms. The van der Waals surface area contributed by atoms with Crippen LogP contribution in [0, 0.1) is 0 Å². The lowest BCUT2D eigenvalue weighted by Gasteiger charge is -2.22. The number of amides is 1. The number of nitrogens with one attached hydrogen (secondary N) is 1. The van der Waals surface area contributed by atoms with Crippen LogP contribution in [0.5, 0.6) is 0 Å². The first-order chi connectivity index (χ1) is 15.2. The van der Waals surface area contributed by atoms with Gasteiger partial charge >= 0.3 is 0 Å². The molecule has 0 fully saturated rings. The van der Waals surface area contributed by atoms with E-state index in [4.69, 9.17) is 0 Å². The molecule has 4 aromatic rings. The minimum absolute atomic E-state index is 0.0603. The summed E-state index contributed by atoms with van der Waals surface area (Å²) in [5.41, 5.74) is 2.33. The number of thiophene rings is 1. The third kappa shape index (κ3) is 4.60. The number of anilines is 3. The second-order valence-electron chi connectivity index (χ2n) is 7.03. The molecule has 1 N–H and O–H groups in total. The van der Waals surface area contributed by atoms with E-state index in [0.29, 0.717) is 12.1 Å². The Morgan fingerprint density at radius 2 is 1.81 bits per heavy atom. The topological polar surface area (TPSA) is 65.8 Å². The highest BCUT2D eigenvalue weighted by Gasteiger charge is 2.19. The molecule has 4 rings (SSSR count). The van der Waals surface area contributed by atoms with E-state index in [1.165, 1.54) is 0 Å². The van der Waals surface area contributed by atoms with E-state index in [-0.39, 0.29) is 5.91 Å². The van der Waals surface area contributed by atoms with Crippen molar-refractivity contribution < 1.29 is 4.79 Å². The number of aromatic nitrogens is 3. The molecule has 3 heterocycles. The van der Waals surface area contributed by atoms with Crippen molar-refractivity contribution in [3.05, 3.63) is 72.1 Å². The standard InChI is InChI=1S/C23H26N6OS/c1-3-27(4-2)14-11-26-23(30)18-7-9-19(10-8-18)29(20-6-5-17-31-20)22-21-24-12-15-28(21)16-13-25-22/h5-10,12-13,15-17H,3-4,11,14H2,1-2H3,(H,26,30). The number of rotatable bonds is 9. The lowest BCUT2D eigenvalue weighted by Crippen LogP contribution is -2.34.